The van der Waals surface area contributed by atoms with Crippen molar-refractivity contribution in [1.29, 1.82) is 0 Å². The van der Waals surface area contributed by atoms with Crippen LogP contribution in [0.1, 0.15) is 38.8 Å². The molecule has 102 valence electrons. The third-order valence-electron chi connectivity index (χ3n) is 3.76. The molecule has 0 saturated heterocycles. The number of hydrogen-bond donors (Lipinski definition) is 1. The lowest BCUT2D eigenvalue weighted by molar-refractivity contribution is 0.200. The minimum absolute atomic E-state index is 0.609. The van der Waals surface area contributed by atoms with E-state index in [2.05, 4.69) is 69.2 Å². The highest BCUT2D eigenvalue weighted by Gasteiger charge is 2.14. The van der Waals surface area contributed by atoms with E-state index < -0.39 is 0 Å². The second-order valence-corrected chi connectivity index (χ2v) is 5.45. The summed E-state index contributed by atoms with van der Waals surface area (Å²) in [7, 11) is 2.22. The molecule has 0 spiro atoms. The molecular weight excluding hydrogens is 220 g/mol. The van der Waals surface area contributed by atoms with Gasteiger partial charge in [-0.1, -0.05) is 45.0 Å². The summed E-state index contributed by atoms with van der Waals surface area (Å²) in [5.74, 6) is 0.691. The molecule has 1 atom stereocenters. The topological polar surface area (TPSA) is 15.3 Å². The summed E-state index contributed by atoms with van der Waals surface area (Å²) < 4.78 is 0. The Labute approximate surface area is 112 Å². The molecule has 1 aromatic carbocycles. The fourth-order valence-electron chi connectivity index (χ4n) is 2.07. The highest BCUT2D eigenvalue weighted by molar-refractivity contribution is 5.27. The Morgan fingerprint density at radius 2 is 1.72 bits per heavy atom. The molecule has 2 heteroatoms. The summed E-state index contributed by atoms with van der Waals surface area (Å²) in [4.78, 5) is 2.44. The van der Waals surface area contributed by atoms with E-state index in [1.165, 1.54) is 11.1 Å². The average molecular weight is 248 g/mol. The van der Waals surface area contributed by atoms with Gasteiger partial charge in [0.25, 0.3) is 0 Å². The monoisotopic (exact) mass is 248 g/mol. The van der Waals surface area contributed by atoms with Crippen molar-refractivity contribution in [2.75, 3.05) is 13.6 Å². The maximum atomic E-state index is 3.41. The molecule has 1 rings (SSSR count). The van der Waals surface area contributed by atoms with Crippen molar-refractivity contribution in [1.82, 2.24) is 10.2 Å². The van der Waals surface area contributed by atoms with Gasteiger partial charge in [0.2, 0.25) is 0 Å². The third-order valence-corrected chi connectivity index (χ3v) is 3.76. The highest BCUT2D eigenvalue weighted by Crippen LogP contribution is 2.15. The fourth-order valence-corrected chi connectivity index (χ4v) is 2.07. The summed E-state index contributed by atoms with van der Waals surface area (Å²) in [6.45, 7) is 12.0. The SMILES string of the molecule is CCNCc1ccccc1CN(C)C(C)C(C)C. The second kappa shape index (κ2) is 7.55. The van der Waals surface area contributed by atoms with Gasteiger partial charge in [-0.15, -0.1) is 0 Å². The van der Waals surface area contributed by atoms with Gasteiger partial charge in [-0.05, 0) is 37.6 Å². The predicted octanol–water partition coefficient (Wildman–Crippen LogP) is 3.27. The van der Waals surface area contributed by atoms with Gasteiger partial charge >= 0.3 is 0 Å². The molecule has 0 aliphatic heterocycles. The maximum Gasteiger partial charge on any atom is 0.0236 e. The van der Waals surface area contributed by atoms with Crippen LogP contribution >= 0.6 is 0 Å². The third kappa shape index (κ3) is 4.43. The zero-order valence-electron chi connectivity index (χ0n) is 12.5. The number of hydrogen-bond acceptors (Lipinski definition) is 2. The summed E-state index contributed by atoms with van der Waals surface area (Å²) >= 11 is 0. The molecular formula is C16H28N2. The van der Waals surface area contributed by atoms with Crippen molar-refractivity contribution in [3.8, 4) is 0 Å². The second-order valence-electron chi connectivity index (χ2n) is 5.45. The van der Waals surface area contributed by atoms with Crippen LogP contribution in [-0.4, -0.2) is 24.5 Å². The van der Waals surface area contributed by atoms with Crippen molar-refractivity contribution >= 4 is 0 Å². The highest BCUT2D eigenvalue weighted by atomic mass is 15.1. The van der Waals surface area contributed by atoms with Crippen molar-refractivity contribution in [3.05, 3.63) is 35.4 Å². The zero-order chi connectivity index (χ0) is 13.5. The first kappa shape index (κ1) is 15.2. The van der Waals surface area contributed by atoms with Crippen LogP contribution in [0.5, 0.6) is 0 Å². The van der Waals surface area contributed by atoms with Gasteiger partial charge in [0, 0.05) is 19.1 Å². The summed E-state index contributed by atoms with van der Waals surface area (Å²) in [6, 6.07) is 9.35. The molecule has 1 aromatic rings. The summed E-state index contributed by atoms with van der Waals surface area (Å²) in [5.41, 5.74) is 2.86. The molecule has 0 saturated carbocycles. The van der Waals surface area contributed by atoms with E-state index in [9.17, 15) is 0 Å². The van der Waals surface area contributed by atoms with Crippen LogP contribution in [0.3, 0.4) is 0 Å². The van der Waals surface area contributed by atoms with E-state index in [-0.39, 0.29) is 0 Å². The van der Waals surface area contributed by atoms with Crippen LogP contribution in [0.2, 0.25) is 0 Å². The van der Waals surface area contributed by atoms with Gasteiger partial charge in [0.1, 0.15) is 0 Å². The van der Waals surface area contributed by atoms with Gasteiger partial charge in [0.05, 0.1) is 0 Å². The van der Waals surface area contributed by atoms with Gasteiger partial charge < -0.3 is 5.32 Å². The Bertz CT molecular complexity index is 347. The van der Waals surface area contributed by atoms with Gasteiger partial charge in [0.15, 0.2) is 0 Å². The molecule has 18 heavy (non-hydrogen) atoms. The molecule has 0 heterocycles. The fraction of sp³-hybridized carbons (Fsp3) is 0.625. The first-order chi connectivity index (χ1) is 8.56. The van der Waals surface area contributed by atoms with Crippen LogP contribution in [0.25, 0.3) is 0 Å². The zero-order valence-corrected chi connectivity index (χ0v) is 12.5. The Kier molecular flexibility index (Phi) is 6.37. The minimum atomic E-state index is 0.609. The van der Waals surface area contributed by atoms with E-state index in [0.717, 1.165) is 19.6 Å². The van der Waals surface area contributed by atoms with Crippen molar-refractivity contribution in [3.63, 3.8) is 0 Å². The van der Waals surface area contributed by atoms with Gasteiger partial charge in [-0.25, -0.2) is 0 Å². The Morgan fingerprint density at radius 1 is 1.11 bits per heavy atom. The van der Waals surface area contributed by atoms with Crippen molar-refractivity contribution in [2.24, 2.45) is 5.92 Å². The molecule has 0 aliphatic rings. The number of benzene rings is 1. The lowest BCUT2D eigenvalue weighted by Crippen LogP contribution is -2.33. The van der Waals surface area contributed by atoms with E-state index in [4.69, 9.17) is 0 Å². The standard InChI is InChI=1S/C16H28N2/c1-6-17-11-15-9-7-8-10-16(15)12-18(5)14(4)13(2)3/h7-10,13-14,17H,6,11-12H2,1-5H3. The Hall–Kier alpha value is -0.860. The lowest BCUT2D eigenvalue weighted by Gasteiger charge is -2.28. The summed E-state index contributed by atoms with van der Waals surface area (Å²) in [6.07, 6.45) is 0. The average Bonchev–Trinajstić information content (AvgIpc) is 2.36. The Balaban J connectivity index is 2.71. The van der Waals surface area contributed by atoms with Crippen LogP contribution in [0, 0.1) is 5.92 Å². The van der Waals surface area contributed by atoms with Gasteiger partial charge in [-0.2, -0.15) is 0 Å². The number of nitrogens with one attached hydrogen (secondary N) is 1. The maximum absolute atomic E-state index is 3.41. The van der Waals surface area contributed by atoms with E-state index in [0.29, 0.717) is 12.0 Å². The largest absolute Gasteiger partial charge is 0.313 e. The molecule has 0 aliphatic carbocycles. The molecule has 0 bridgehead atoms. The lowest BCUT2D eigenvalue weighted by atomic mass is 10.0. The first-order valence-corrected chi connectivity index (χ1v) is 7.04. The van der Waals surface area contributed by atoms with Crippen LogP contribution < -0.4 is 5.32 Å². The molecule has 0 fully saturated rings. The quantitative estimate of drug-likeness (QED) is 0.796. The molecule has 2 nitrogen and oxygen atoms in total. The van der Waals surface area contributed by atoms with E-state index in [1.807, 2.05) is 0 Å². The number of nitrogens with zero attached hydrogens (tertiary/aromatic N) is 1. The van der Waals surface area contributed by atoms with Crippen LogP contribution in [0.15, 0.2) is 24.3 Å². The normalized spacial score (nSPS) is 13.3. The molecule has 0 radical (unpaired) electrons. The number of rotatable bonds is 7. The predicted molar refractivity (Wildman–Crippen MR) is 79.6 cm³/mol. The van der Waals surface area contributed by atoms with E-state index in [1.54, 1.807) is 0 Å². The minimum Gasteiger partial charge on any atom is -0.313 e. The van der Waals surface area contributed by atoms with Crippen molar-refractivity contribution in [2.45, 2.75) is 46.8 Å². The van der Waals surface area contributed by atoms with Gasteiger partial charge in [-0.3, -0.25) is 4.90 Å². The van der Waals surface area contributed by atoms with Crippen LogP contribution in [-0.2, 0) is 13.1 Å². The molecule has 0 aromatic heterocycles. The molecule has 0 amide bonds. The molecule has 1 N–H and O–H groups in total. The smallest absolute Gasteiger partial charge is 0.0236 e. The van der Waals surface area contributed by atoms with E-state index >= 15 is 0 Å². The Morgan fingerprint density at radius 3 is 2.28 bits per heavy atom. The summed E-state index contributed by atoms with van der Waals surface area (Å²) in [5, 5.41) is 3.41. The molecule has 1 unspecified atom stereocenters. The van der Waals surface area contributed by atoms with Crippen LogP contribution in [0.4, 0.5) is 0 Å². The van der Waals surface area contributed by atoms with Crippen molar-refractivity contribution < 1.29 is 0 Å². The first-order valence-electron chi connectivity index (χ1n) is 7.04.